The zero-order chi connectivity index (χ0) is 22.5. The van der Waals surface area contributed by atoms with Crippen LogP contribution in [0.3, 0.4) is 0 Å². The fourth-order valence-corrected chi connectivity index (χ4v) is 3.59. The third kappa shape index (κ3) is 4.47. The predicted octanol–water partition coefficient (Wildman–Crippen LogP) is 2.97. The van der Waals surface area contributed by atoms with E-state index >= 15 is 0 Å². The summed E-state index contributed by atoms with van der Waals surface area (Å²) in [6, 6.07) is 10.00. The first-order valence-electron chi connectivity index (χ1n) is 9.95. The van der Waals surface area contributed by atoms with E-state index in [9.17, 15) is 14.4 Å². The molecule has 8 heteroatoms. The summed E-state index contributed by atoms with van der Waals surface area (Å²) >= 11 is 0. The number of benzene rings is 2. The van der Waals surface area contributed by atoms with Gasteiger partial charge < -0.3 is 19.5 Å². The van der Waals surface area contributed by atoms with Crippen molar-refractivity contribution >= 4 is 17.7 Å². The van der Waals surface area contributed by atoms with Gasteiger partial charge in [0, 0.05) is 13.0 Å². The number of carbonyl (C=O) groups excluding carboxylic acids is 3. The second-order valence-electron chi connectivity index (χ2n) is 7.16. The molecule has 3 rings (SSSR count). The van der Waals surface area contributed by atoms with Crippen molar-refractivity contribution in [2.75, 3.05) is 27.9 Å². The second-order valence-corrected chi connectivity index (χ2v) is 7.16. The van der Waals surface area contributed by atoms with Gasteiger partial charge in [0.15, 0.2) is 11.5 Å². The molecule has 0 saturated carbocycles. The molecule has 0 aliphatic carbocycles. The van der Waals surface area contributed by atoms with Crippen molar-refractivity contribution in [3.8, 4) is 17.2 Å². The third-order valence-electron chi connectivity index (χ3n) is 5.23. The molecule has 0 bridgehead atoms. The van der Waals surface area contributed by atoms with E-state index in [1.807, 2.05) is 6.92 Å². The number of hydrogen-bond acceptors (Lipinski definition) is 6. The van der Waals surface area contributed by atoms with Gasteiger partial charge in [-0.15, -0.1) is 0 Å². The SMILES string of the molecule is COc1cc(C(C)NC(=O)CCCN2C(=O)c3ccccc3C2=O)cc(OC)c1OC. The maximum absolute atomic E-state index is 12.4. The molecule has 8 nitrogen and oxygen atoms in total. The average molecular weight is 426 g/mol. The van der Waals surface area contributed by atoms with Crippen molar-refractivity contribution in [3.63, 3.8) is 0 Å². The lowest BCUT2D eigenvalue weighted by molar-refractivity contribution is -0.121. The molecular weight excluding hydrogens is 400 g/mol. The maximum atomic E-state index is 12.4. The van der Waals surface area contributed by atoms with Crippen LogP contribution in [0.25, 0.3) is 0 Å². The van der Waals surface area contributed by atoms with Gasteiger partial charge in [0.2, 0.25) is 11.7 Å². The van der Waals surface area contributed by atoms with Crippen LogP contribution in [0.1, 0.15) is 52.1 Å². The molecule has 1 atom stereocenters. The smallest absolute Gasteiger partial charge is 0.261 e. The molecule has 3 amide bonds. The molecule has 1 N–H and O–H groups in total. The molecule has 0 saturated heterocycles. The Balaban J connectivity index is 1.57. The van der Waals surface area contributed by atoms with Crippen LogP contribution in [0.4, 0.5) is 0 Å². The van der Waals surface area contributed by atoms with Crippen molar-refractivity contribution in [1.29, 1.82) is 0 Å². The summed E-state index contributed by atoms with van der Waals surface area (Å²) in [6.07, 6.45) is 0.557. The molecule has 0 spiro atoms. The highest BCUT2D eigenvalue weighted by atomic mass is 16.5. The number of fused-ring (bicyclic) bond motifs is 1. The highest BCUT2D eigenvalue weighted by molar-refractivity contribution is 6.21. The molecule has 31 heavy (non-hydrogen) atoms. The van der Waals surface area contributed by atoms with Gasteiger partial charge in [-0.2, -0.15) is 0 Å². The van der Waals surface area contributed by atoms with E-state index in [1.54, 1.807) is 36.4 Å². The Bertz CT molecular complexity index is 943. The molecule has 1 aliphatic rings. The van der Waals surface area contributed by atoms with E-state index < -0.39 is 0 Å². The Kier molecular flexibility index (Phi) is 6.79. The fraction of sp³-hybridized carbons (Fsp3) is 0.348. The van der Waals surface area contributed by atoms with Gasteiger partial charge in [0.25, 0.3) is 11.8 Å². The number of hydrogen-bond donors (Lipinski definition) is 1. The van der Waals surface area contributed by atoms with Gasteiger partial charge in [-0.25, -0.2) is 0 Å². The summed E-state index contributed by atoms with van der Waals surface area (Å²) in [6.45, 7) is 2.04. The molecule has 0 fully saturated rings. The van der Waals surface area contributed by atoms with Crippen LogP contribution in [0.15, 0.2) is 36.4 Å². The monoisotopic (exact) mass is 426 g/mol. The van der Waals surface area contributed by atoms with E-state index in [2.05, 4.69) is 5.32 Å². The normalized spacial score (nSPS) is 13.6. The molecule has 2 aromatic rings. The Morgan fingerprint density at radius 1 is 0.968 bits per heavy atom. The van der Waals surface area contributed by atoms with Crippen molar-refractivity contribution in [2.24, 2.45) is 0 Å². The van der Waals surface area contributed by atoms with Crippen molar-refractivity contribution in [3.05, 3.63) is 53.1 Å². The zero-order valence-electron chi connectivity index (χ0n) is 18.1. The van der Waals surface area contributed by atoms with Crippen LogP contribution in [-0.2, 0) is 4.79 Å². The minimum atomic E-state index is -0.313. The van der Waals surface area contributed by atoms with Crippen LogP contribution < -0.4 is 19.5 Å². The Morgan fingerprint density at radius 3 is 2.00 bits per heavy atom. The summed E-state index contributed by atoms with van der Waals surface area (Å²) in [5, 5.41) is 2.92. The molecule has 1 aliphatic heterocycles. The summed E-state index contributed by atoms with van der Waals surface area (Å²) in [7, 11) is 4.59. The van der Waals surface area contributed by atoms with Gasteiger partial charge >= 0.3 is 0 Å². The molecule has 0 radical (unpaired) electrons. The number of imide groups is 1. The number of nitrogens with zero attached hydrogens (tertiary/aromatic N) is 1. The van der Waals surface area contributed by atoms with Crippen molar-refractivity contribution in [2.45, 2.75) is 25.8 Å². The van der Waals surface area contributed by atoms with Gasteiger partial charge in [0.1, 0.15) is 0 Å². The standard InChI is InChI=1S/C23H26N2O6/c1-14(15-12-18(29-2)21(31-4)19(13-15)30-3)24-20(26)10-7-11-25-22(27)16-8-5-6-9-17(16)23(25)28/h5-6,8-9,12-14H,7,10-11H2,1-4H3,(H,24,26). The van der Waals surface area contributed by atoms with E-state index in [0.29, 0.717) is 34.8 Å². The third-order valence-corrected chi connectivity index (χ3v) is 5.23. The Morgan fingerprint density at radius 2 is 1.52 bits per heavy atom. The summed E-state index contributed by atoms with van der Waals surface area (Å²) in [5.74, 6) is 0.678. The van der Waals surface area contributed by atoms with E-state index in [-0.39, 0.29) is 36.7 Å². The van der Waals surface area contributed by atoms with E-state index in [4.69, 9.17) is 14.2 Å². The second kappa shape index (κ2) is 9.51. The van der Waals surface area contributed by atoms with Crippen LogP contribution in [0.2, 0.25) is 0 Å². The van der Waals surface area contributed by atoms with E-state index in [1.165, 1.54) is 26.2 Å². The Hall–Kier alpha value is -3.55. The summed E-state index contributed by atoms with van der Waals surface area (Å²) in [4.78, 5) is 38.4. The number of rotatable bonds is 9. The van der Waals surface area contributed by atoms with Gasteiger partial charge in [-0.05, 0) is 43.2 Å². The number of ether oxygens (including phenoxy) is 3. The molecule has 1 heterocycles. The lowest BCUT2D eigenvalue weighted by atomic mass is 10.1. The molecular formula is C23H26N2O6. The number of nitrogens with one attached hydrogen (secondary N) is 1. The molecule has 164 valence electrons. The number of methoxy groups -OCH3 is 3. The average Bonchev–Trinajstić information content (AvgIpc) is 3.02. The quantitative estimate of drug-likeness (QED) is 0.620. The minimum Gasteiger partial charge on any atom is -0.493 e. The molecule has 0 aromatic heterocycles. The van der Waals surface area contributed by atoms with Gasteiger partial charge in [-0.3, -0.25) is 19.3 Å². The lowest BCUT2D eigenvalue weighted by Gasteiger charge is -2.19. The zero-order valence-corrected chi connectivity index (χ0v) is 18.1. The van der Waals surface area contributed by atoms with E-state index in [0.717, 1.165) is 5.56 Å². The van der Waals surface area contributed by atoms with Crippen molar-refractivity contribution in [1.82, 2.24) is 10.2 Å². The number of carbonyl (C=O) groups is 3. The highest BCUT2D eigenvalue weighted by Gasteiger charge is 2.34. The first-order chi connectivity index (χ1) is 14.9. The minimum absolute atomic E-state index is 0.183. The largest absolute Gasteiger partial charge is 0.493 e. The van der Waals surface area contributed by atoms with Crippen LogP contribution >= 0.6 is 0 Å². The maximum Gasteiger partial charge on any atom is 0.261 e. The highest BCUT2D eigenvalue weighted by Crippen LogP contribution is 2.39. The van der Waals surface area contributed by atoms with Crippen LogP contribution in [-0.4, -0.2) is 50.5 Å². The summed E-state index contributed by atoms with van der Waals surface area (Å²) < 4.78 is 16.0. The fourth-order valence-electron chi connectivity index (χ4n) is 3.59. The summed E-state index contributed by atoms with van der Waals surface area (Å²) in [5.41, 5.74) is 1.61. The Labute approximate surface area is 181 Å². The molecule has 2 aromatic carbocycles. The predicted molar refractivity (Wildman–Crippen MR) is 114 cm³/mol. The topological polar surface area (TPSA) is 94.2 Å². The first-order valence-corrected chi connectivity index (χ1v) is 9.95. The first kappa shape index (κ1) is 22.1. The van der Waals surface area contributed by atoms with Gasteiger partial charge in [-0.1, -0.05) is 12.1 Å². The van der Waals surface area contributed by atoms with Crippen molar-refractivity contribution < 1.29 is 28.6 Å². The van der Waals surface area contributed by atoms with Gasteiger partial charge in [0.05, 0.1) is 38.5 Å². The van der Waals surface area contributed by atoms with Crippen LogP contribution in [0.5, 0.6) is 17.2 Å². The number of amides is 3. The molecule has 1 unspecified atom stereocenters. The lowest BCUT2D eigenvalue weighted by Crippen LogP contribution is -2.32. The van der Waals surface area contributed by atoms with Crippen LogP contribution in [0, 0.1) is 0 Å².